The van der Waals surface area contributed by atoms with Crippen LogP contribution in [0, 0.1) is 11.8 Å². The number of hydrogen-bond acceptors (Lipinski definition) is 4. The smallest absolute Gasteiger partial charge is 0.250 e. The Bertz CT molecular complexity index is 837. The summed E-state index contributed by atoms with van der Waals surface area (Å²) in [6, 6.07) is 7.65. The molecule has 3 aliphatic heterocycles. The molecule has 1 aromatic rings. The van der Waals surface area contributed by atoms with Gasteiger partial charge in [-0.15, -0.1) is 0 Å². The molecule has 4 rings (SSSR count). The maximum absolute atomic E-state index is 13.4. The summed E-state index contributed by atoms with van der Waals surface area (Å²) in [6.07, 6.45) is 0.570. The average Bonchev–Trinajstić information content (AvgIpc) is 3.16. The Labute approximate surface area is 165 Å². The van der Waals surface area contributed by atoms with E-state index in [1.165, 1.54) is 0 Å². The van der Waals surface area contributed by atoms with Gasteiger partial charge >= 0.3 is 0 Å². The molecule has 0 saturated carbocycles. The van der Waals surface area contributed by atoms with Gasteiger partial charge in [0.15, 0.2) is 0 Å². The van der Waals surface area contributed by atoms with Crippen LogP contribution in [-0.4, -0.2) is 72.2 Å². The van der Waals surface area contributed by atoms with E-state index in [0.717, 1.165) is 11.3 Å². The first-order valence-electron chi connectivity index (χ1n) is 9.96. The Balaban J connectivity index is 1.78. The van der Waals surface area contributed by atoms with Gasteiger partial charge in [-0.3, -0.25) is 19.3 Å². The normalized spacial score (nSPS) is 29.0. The monoisotopic (exact) mass is 384 g/mol. The summed E-state index contributed by atoms with van der Waals surface area (Å²) in [6.45, 7) is 5.54. The van der Waals surface area contributed by atoms with Crippen LogP contribution in [0.4, 0.5) is 5.69 Å². The van der Waals surface area contributed by atoms with Gasteiger partial charge in [0.05, 0.1) is 5.92 Å². The van der Waals surface area contributed by atoms with Crippen molar-refractivity contribution in [3.8, 4) is 0 Å². The number of fused-ring (bicyclic) bond motifs is 4. The lowest BCUT2D eigenvalue weighted by Gasteiger charge is -2.44. The topological polar surface area (TPSA) is 73.0 Å². The summed E-state index contributed by atoms with van der Waals surface area (Å²) in [5, 5.41) is 3.01. The molecule has 0 radical (unpaired) electrons. The summed E-state index contributed by atoms with van der Waals surface area (Å²) in [4.78, 5) is 44.7. The van der Waals surface area contributed by atoms with Crippen molar-refractivity contribution in [2.24, 2.45) is 11.8 Å². The highest BCUT2D eigenvalue weighted by atomic mass is 16.2. The van der Waals surface area contributed by atoms with Crippen LogP contribution in [0.5, 0.6) is 0 Å². The predicted octanol–water partition coefficient (Wildman–Crippen LogP) is 1.11. The van der Waals surface area contributed by atoms with Gasteiger partial charge in [-0.1, -0.05) is 32.0 Å². The molecule has 0 aromatic heterocycles. The molecule has 0 bridgehead atoms. The number of carbonyl (C=O) groups excluding carboxylic acids is 3. The van der Waals surface area contributed by atoms with Crippen LogP contribution >= 0.6 is 0 Å². The summed E-state index contributed by atoms with van der Waals surface area (Å²) in [5.74, 6) is -0.558. The van der Waals surface area contributed by atoms with Crippen molar-refractivity contribution in [3.63, 3.8) is 0 Å². The Kier molecular flexibility index (Phi) is 4.45. The molecular weight excluding hydrogens is 356 g/mol. The molecule has 0 unspecified atom stereocenters. The van der Waals surface area contributed by atoms with Crippen LogP contribution in [0.2, 0.25) is 0 Å². The highest BCUT2D eigenvalue weighted by molar-refractivity contribution is 6.09. The quantitative estimate of drug-likeness (QED) is 0.829. The van der Waals surface area contributed by atoms with Gasteiger partial charge in [0.2, 0.25) is 17.7 Å². The van der Waals surface area contributed by atoms with E-state index >= 15 is 0 Å². The van der Waals surface area contributed by atoms with Crippen LogP contribution in [0.15, 0.2) is 24.3 Å². The van der Waals surface area contributed by atoms with Gasteiger partial charge in [-0.2, -0.15) is 0 Å². The van der Waals surface area contributed by atoms with Crippen molar-refractivity contribution in [2.75, 3.05) is 39.0 Å². The van der Waals surface area contributed by atoms with Crippen molar-refractivity contribution >= 4 is 23.4 Å². The molecule has 7 nitrogen and oxygen atoms in total. The minimum Gasteiger partial charge on any atom is -0.348 e. The number of anilines is 1. The Morgan fingerprint density at radius 1 is 1.21 bits per heavy atom. The van der Waals surface area contributed by atoms with Crippen LogP contribution < -0.4 is 5.32 Å². The Morgan fingerprint density at radius 3 is 2.61 bits per heavy atom. The number of nitrogens with one attached hydrogen (secondary N) is 1. The lowest BCUT2D eigenvalue weighted by molar-refractivity contribution is -0.145. The summed E-state index contributed by atoms with van der Waals surface area (Å²) < 4.78 is 0. The van der Waals surface area contributed by atoms with Crippen molar-refractivity contribution in [3.05, 3.63) is 29.8 Å². The number of piperazine rings is 1. The molecule has 150 valence electrons. The number of carbonyl (C=O) groups is 3. The zero-order valence-electron chi connectivity index (χ0n) is 16.9. The van der Waals surface area contributed by atoms with E-state index in [1.807, 2.05) is 43.0 Å². The second kappa shape index (κ2) is 6.58. The van der Waals surface area contributed by atoms with Gasteiger partial charge < -0.3 is 15.1 Å². The third-order valence-electron chi connectivity index (χ3n) is 6.42. The summed E-state index contributed by atoms with van der Waals surface area (Å²) >= 11 is 0. The number of benzene rings is 1. The number of para-hydroxylation sites is 1. The van der Waals surface area contributed by atoms with Gasteiger partial charge in [-0.05, 0) is 12.5 Å². The second-order valence-electron chi connectivity index (χ2n) is 8.57. The van der Waals surface area contributed by atoms with E-state index in [-0.39, 0.29) is 29.7 Å². The molecule has 3 heterocycles. The standard InChI is InChI=1S/C21H28N4O3/c1-13(2)18(26)24-9-10-25-14(12-24)11-16(19(27)23(3)4)21(25)15-7-5-6-8-17(15)22-20(21)28/h5-8,13-14,16H,9-12H2,1-4H3,(H,22,28)/t14-,16+,21-/m1/s1. The highest BCUT2D eigenvalue weighted by Crippen LogP contribution is 2.53. The number of amides is 3. The first kappa shape index (κ1) is 18.9. The molecule has 0 aliphatic carbocycles. The lowest BCUT2D eigenvalue weighted by atomic mass is 9.78. The molecule has 1 aromatic carbocycles. The highest BCUT2D eigenvalue weighted by Gasteiger charge is 2.65. The number of nitrogens with zero attached hydrogens (tertiary/aromatic N) is 3. The van der Waals surface area contributed by atoms with E-state index in [0.29, 0.717) is 26.1 Å². The van der Waals surface area contributed by atoms with Crippen molar-refractivity contribution < 1.29 is 14.4 Å². The summed E-state index contributed by atoms with van der Waals surface area (Å²) in [5.41, 5.74) is 0.673. The molecule has 1 N–H and O–H groups in total. The minimum absolute atomic E-state index is 0.0118. The molecule has 7 heteroatoms. The fraction of sp³-hybridized carbons (Fsp3) is 0.571. The molecule has 3 aliphatic rings. The predicted molar refractivity (Wildman–Crippen MR) is 105 cm³/mol. The molecule has 1 spiro atoms. The second-order valence-corrected chi connectivity index (χ2v) is 8.57. The molecule has 28 heavy (non-hydrogen) atoms. The first-order chi connectivity index (χ1) is 13.3. The van der Waals surface area contributed by atoms with Crippen molar-refractivity contribution in [2.45, 2.75) is 31.8 Å². The molecular formula is C21H28N4O3. The van der Waals surface area contributed by atoms with Gasteiger partial charge in [0.25, 0.3) is 0 Å². The fourth-order valence-electron chi connectivity index (χ4n) is 5.22. The number of rotatable bonds is 2. The maximum Gasteiger partial charge on any atom is 0.250 e. The Hall–Kier alpha value is -2.41. The maximum atomic E-state index is 13.4. The zero-order chi connectivity index (χ0) is 20.2. The van der Waals surface area contributed by atoms with Gasteiger partial charge in [0.1, 0.15) is 5.54 Å². The van der Waals surface area contributed by atoms with E-state index in [9.17, 15) is 14.4 Å². The van der Waals surface area contributed by atoms with E-state index in [1.54, 1.807) is 19.0 Å². The Morgan fingerprint density at radius 2 is 1.93 bits per heavy atom. The van der Waals surface area contributed by atoms with Crippen LogP contribution in [0.3, 0.4) is 0 Å². The van der Waals surface area contributed by atoms with E-state index < -0.39 is 11.5 Å². The lowest BCUT2D eigenvalue weighted by Crippen LogP contribution is -2.61. The third-order valence-corrected chi connectivity index (χ3v) is 6.42. The zero-order valence-corrected chi connectivity index (χ0v) is 16.9. The largest absolute Gasteiger partial charge is 0.348 e. The van der Waals surface area contributed by atoms with Crippen LogP contribution in [0.25, 0.3) is 0 Å². The van der Waals surface area contributed by atoms with E-state index in [2.05, 4.69) is 10.2 Å². The minimum atomic E-state index is -0.990. The third kappa shape index (κ3) is 2.49. The fourth-order valence-corrected chi connectivity index (χ4v) is 5.22. The average molecular weight is 384 g/mol. The van der Waals surface area contributed by atoms with Crippen LogP contribution in [0.1, 0.15) is 25.8 Å². The molecule has 3 amide bonds. The SMILES string of the molecule is CC(C)C(=O)N1CCN2[C@H](C[C@@H](C(=O)N(C)C)[C@]23C(=O)Nc2ccccc23)C1. The number of hydrogen-bond donors (Lipinski definition) is 1. The van der Waals surface area contributed by atoms with Crippen molar-refractivity contribution in [1.82, 2.24) is 14.7 Å². The molecule has 2 saturated heterocycles. The van der Waals surface area contributed by atoms with Gasteiger partial charge in [0, 0.05) is 56.9 Å². The van der Waals surface area contributed by atoms with Gasteiger partial charge in [-0.25, -0.2) is 0 Å². The van der Waals surface area contributed by atoms with Crippen molar-refractivity contribution in [1.29, 1.82) is 0 Å². The first-order valence-corrected chi connectivity index (χ1v) is 9.96. The molecule has 3 atom stereocenters. The van der Waals surface area contributed by atoms with Crippen LogP contribution in [-0.2, 0) is 19.9 Å². The summed E-state index contributed by atoms with van der Waals surface area (Å²) in [7, 11) is 3.47. The van der Waals surface area contributed by atoms with E-state index in [4.69, 9.17) is 0 Å². The molecule has 2 fully saturated rings.